The highest BCUT2D eigenvalue weighted by atomic mass is 16.5. The molecule has 0 spiro atoms. The molecule has 1 aliphatic carbocycles. The Hall–Kier alpha value is -3.98. The van der Waals surface area contributed by atoms with Crippen molar-refractivity contribution in [1.29, 1.82) is 0 Å². The molecule has 9 nitrogen and oxygen atoms in total. The fourth-order valence-corrected chi connectivity index (χ4v) is 6.06. The van der Waals surface area contributed by atoms with Crippen LogP contribution in [0.5, 0.6) is 0 Å². The molecular weight excluding hydrogens is 492 g/mol. The topological polar surface area (TPSA) is 105 Å². The molecule has 3 aromatic heterocycles. The molecule has 4 fully saturated rings. The highest BCUT2D eigenvalue weighted by Crippen LogP contribution is 2.58. The average molecular weight is 527 g/mol. The Morgan fingerprint density at radius 2 is 1.92 bits per heavy atom. The van der Waals surface area contributed by atoms with E-state index in [-0.39, 0.29) is 11.6 Å². The van der Waals surface area contributed by atoms with Crippen LogP contribution in [0.3, 0.4) is 0 Å². The van der Waals surface area contributed by atoms with Crippen molar-refractivity contribution in [3.8, 4) is 0 Å². The van der Waals surface area contributed by atoms with Crippen molar-refractivity contribution in [1.82, 2.24) is 19.6 Å². The molecule has 202 valence electrons. The number of hydrogen-bond donors (Lipinski definition) is 2. The van der Waals surface area contributed by atoms with Crippen molar-refractivity contribution in [3.05, 3.63) is 83.9 Å². The zero-order chi connectivity index (χ0) is 27.0. The molecule has 4 unspecified atom stereocenters. The number of aryl methyl sites for hydroxylation is 1. The molecule has 0 amide bonds. The Balaban J connectivity index is 0.000000410. The molecule has 39 heavy (non-hydrogen) atoms. The molecule has 4 aromatic rings. The summed E-state index contributed by atoms with van der Waals surface area (Å²) in [7, 11) is 0. The lowest BCUT2D eigenvalue weighted by molar-refractivity contribution is -0.0591. The molecular formula is C30H34N6O3. The second-order valence-electron chi connectivity index (χ2n) is 10.9. The number of carboxylic acids is 1. The number of nitrogens with zero attached hydrogens (tertiary/aromatic N) is 5. The molecule has 1 aromatic carbocycles. The maximum atomic E-state index is 11.2. The number of pyridine rings is 2. The highest BCUT2D eigenvalue weighted by Gasteiger charge is 2.63. The lowest BCUT2D eigenvalue weighted by atomic mass is 9.63. The summed E-state index contributed by atoms with van der Waals surface area (Å²) < 4.78 is 8.19. The summed E-state index contributed by atoms with van der Waals surface area (Å²) in [5, 5.41) is 17.4. The molecule has 4 aliphatic rings. The maximum absolute atomic E-state index is 11.2. The van der Waals surface area contributed by atoms with Crippen LogP contribution in [0, 0.1) is 24.7 Å². The van der Waals surface area contributed by atoms with Crippen molar-refractivity contribution in [2.24, 2.45) is 17.8 Å². The molecule has 0 radical (unpaired) electrons. The first kappa shape index (κ1) is 25.3. The summed E-state index contributed by atoms with van der Waals surface area (Å²) >= 11 is 0. The summed E-state index contributed by atoms with van der Waals surface area (Å²) in [6.07, 6.45) is 4.22. The monoisotopic (exact) mass is 526 g/mol. The third-order valence-corrected chi connectivity index (χ3v) is 8.20. The van der Waals surface area contributed by atoms with Gasteiger partial charge >= 0.3 is 5.97 Å². The summed E-state index contributed by atoms with van der Waals surface area (Å²) in [6.45, 7) is 7.86. The van der Waals surface area contributed by atoms with E-state index in [0.29, 0.717) is 30.8 Å². The van der Waals surface area contributed by atoms with E-state index in [2.05, 4.69) is 41.3 Å². The number of anilines is 2. The van der Waals surface area contributed by atoms with Crippen molar-refractivity contribution < 1.29 is 14.6 Å². The molecule has 2 N–H and O–H groups in total. The Bertz CT molecular complexity index is 1440. The SMILES string of the molecule is Cc1cc(N2CCC(C)C2)cn2nc(C34CC(CO3)C4CNc3cccc(C(=O)O)n3)nc12.c1ccccc1. The fourth-order valence-electron chi connectivity index (χ4n) is 6.06. The number of nitrogens with one attached hydrogen (secondary N) is 1. The zero-order valence-corrected chi connectivity index (χ0v) is 22.3. The third kappa shape index (κ3) is 4.83. The summed E-state index contributed by atoms with van der Waals surface area (Å²) in [5.41, 5.74) is 2.71. The van der Waals surface area contributed by atoms with Gasteiger partial charge in [-0.1, -0.05) is 49.4 Å². The standard InChI is InChI=1S/C24H28N6O3.C6H6/c1-14-6-7-29(11-14)17-8-15(2)21-27-23(28-30(21)12-17)24-9-16(13-33-24)18(24)10-25-20-5-3-4-19(26-20)22(31)32;1-2-4-6-5-3-1/h3-5,8,12,14,16,18H,6-7,9-11,13H2,1-2H3,(H,25,26)(H,31,32);1-6H. The van der Waals surface area contributed by atoms with Gasteiger partial charge < -0.3 is 20.1 Å². The first-order chi connectivity index (χ1) is 18.9. The predicted octanol–water partition coefficient (Wildman–Crippen LogP) is 4.64. The van der Waals surface area contributed by atoms with Crippen LogP contribution in [0.25, 0.3) is 5.65 Å². The van der Waals surface area contributed by atoms with Gasteiger partial charge in [-0.3, -0.25) is 0 Å². The molecule has 4 atom stereocenters. The van der Waals surface area contributed by atoms with E-state index in [1.54, 1.807) is 12.1 Å². The Labute approximate surface area is 227 Å². The van der Waals surface area contributed by atoms with Gasteiger partial charge in [0.2, 0.25) is 0 Å². The van der Waals surface area contributed by atoms with Gasteiger partial charge in [0.25, 0.3) is 0 Å². The number of rotatable bonds is 6. The summed E-state index contributed by atoms with van der Waals surface area (Å²) in [5.74, 6) is 1.63. The van der Waals surface area contributed by atoms with Gasteiger partial charge in [-0.2, -0.15) is 0 Å². The van der Waals surface area contributed by atoms with Crippen molar-refractivity contribution in [3.63, 3.8) is 0 Å². The number of benzene rings is 1. The van der Waals surface area contributed by atoms with Crippen LogP contribution in [0.15, 0.2) is 66.9 Å². The number of carboxylic acid groups (broad SMARTS) is 1. The van der Waals surface area contributed by atoms with Crippen LogP contribution >= 0.6 is 0 Å². The zero-order valence-electron chi connectivity index (χ0n) is 22.3. The predicted molar refractivity (Wildman–Crippen MR) is 149 cm³/mol. The quantitative estimate of drug-likeness (QED) is 0.375. The molecule has 6 heterocycles. The number of carbonyl (C=O) groups is 1. The van der Waals surface area contributed by atoms with E-state index in [0.717, 1.165) is 36.5 Å². The van der Waals surface area contributed by atoms with Crippen LogP contribution in [0.4, 0.5) is 11.5 Å². The van der Waals surface area contributed by atoms with Gasteiger partial charge in [0.05, 0.1) is 18.5 Å². The lowest BCUT2D eigenvalue weighted by Gasteiger charge is -2.43. The third-order valence-electron chi connectivity index (χ3n) is 8.20. The van der Waals surface area contributed by atoms with Crippen LogP contribution in [0.2, 0.25) is 0 Å². The van der Waals surface area contributed by atoms with E-state index in [4.69, 9.17) is 14.8 Å². The first-order valence-corrected chi connectivity index (χ1v) is 13.6. The molecule has 3 aliphatic heterocycles. The van der Waals surface area contributed by atoms with Gasteiger partial charge in [-0.05, 0) is 55.4 Å². The maximum Gasteiger partial charge on any atom is 0.354 e. The van der Waals surface area contributed by atoms with Crippen molar-refractivity contribution in [2.75, 3.05) is 36.5 Å². The molecule has 8 rings (SSSR count). The van der Waals surface area contributed by atoms with E-state index < -0.39 is 11.6 Å². The van der Waals surface area contributed by atoms with Crippen molar-refractivity contribution >= 4 is 23.1 Å². The number of ether oxygens (including phenoxy) is 1. The van der Waals surface area contributed by atoms with Crippen LogP contribution in [-0.2, 0) is 10.3 Å². The van der Waals surface area contributed by atoms with Gasteiger partial charge in [-0.15, -0.1) is 5.10 Å². The Morgan fingerprint density at radius 1 is 1.15 bits per heavy atom. The molecule has 1 saturated carbocycles. The minimum absolute atomic E-state index is 0.0308. The number of aromatic nitrogens is 4. The normalized spacial score (nSPS) is 25.2. The Morgan fingerprint density at radius 3 is 2.59 bits per heavy atom. The van der Waals surface area contributed by atoms with Crippen molar-refractivity contribution in [2.45, 2.75) is 32.3 Å². The number of aromatic carboxylic acids is 1. The average Bonchev–Trinajstić information content (AvgIpc) is 3.73. The Kier molecular flexibility index (Phi) is 6.68. The van der Waals surface area contributed by atoms with Crippen LogP contribution in [0.1, 0.15) is 41.6 Å². The minimum atomic E-state index is -1.03. The van der Waals surface area contributed by atoms with Crippen LogP contribution in [-0.4, -0.2) is 56.9 Å². The summed E-state index contributed by atoms with van der Waals surface area (Å²) in [6, 6.07) is 19.2. The van der Waals surface area contributed by atoms with Gasteiger partial charge in [0.15, 0.2) is 17.2 Å². The van der Waals surface area contributed by atoms with Gasteiger partial charge in [-0.25, -0.2) is 19.3 Å². The first-order valence-electron chi connectivity index (χ1n) is 13.6. The van der Waals surface area contributed by atoms with Gasteiger partial charge in [0.1, 0.15) is 11.4 Å². The van der Waals surface area contributed by atoms with E-state index in [1.165, 1.54) is 18.2 Å². The number of fused-ring (bicyclic) bond motifs is 2. The van der Waals surface area contributed by atoms with Gasteiger partial charge in [0, 0.05) is 25.6 Å². The van der Waals surface area contributed by atoms with Crippen LogP contribution < -0.4 is 10.2 Å². The highest BCUT2D eigenvalue weighted by molar-refractivity contribution is 5.85. The fraction of sp³-hybridized carbons (Fsp3) is 0.400. The summed E-state index contributed by atoms with van der Waals surface area (Å²) in [4.78, 5) is 22.7. The minimum Gasteiger partial charge on any atom is -0.477 e. The smallest absolute Gasteiger partial charge is 0.354 e. The molecule has 2 bridgehead atoms. The number of hydrogen-bond acceptors (Lipinski definition) is 7. The largest absolute Gasteiger partial charge is 0.477 e. The van der Waals surface area contributed by atoms with E-state index in [9.17, 15) is 9.90 Å². The second-order valence-corrected chi connectivity index (χ2v) is 10.9. The second kappa shape index (κ2) is 10.3. The molecule has 9 heteroatoms. The molecule has 3 saturated heterocycles. The van der Waals surface area contributed by atoms with E-state index >= 15 is 0 Å². The van der Waals surface area contributed by atoms with E-state index in [1.807, 2.05) is 40.9 Å². The lowest BCUT2D eigenvalue weighted by Crippen LogP contribution is -2.49.